The Hall–Kier alpha value is -4.40. The topological polar surface area (TPSA) is 131 Å². The number of hydrogen-bond acceptors (Lipinski definition) is 7. The van der Waals surface area contributed by atoms with Crippen molar-refractivity contribution >= 4 is 29.8 Å². The van der Waals surface area contributed by atoms with Gasteiger partial charge in [-0.05, 0) is 41.7 Å². The maximum Gasteiger partial charge on any atom is 0.347 e. The summed E-state index contributed by atoms with van der Waals surface area (Å²) in [5.41, 5.74) is 1.72. The summed E-state index contributed by atoms with van der Waals surface area (Å²) >= 11 is 0. The molecule has 2 amide bonds. The average Bonchev–Trinajstić information content (AvgIpc) is 2.98. The number of benzene rings is 2. The monoisotopic (exact) mass is 590 g/mol. The van der Waals surface area contributed by atoms with E-state index < -0.39 is 47.9 Å². The molecule has 9 nitrogen and oxygen atoms in total. The van der Waals surface area contributed by atoms with Crippen molar-refractivity contribution in [1.82, 2.24) is 10.6 Å². The van der Waals surface area contributed by atoms with Crippen molar-refractivity contribution in [3.63, 3.8) is 0 Å². The molecule has 9 heteroatoms. The third-order valence-corrected chi connectivity index (χ3v) is 7.08. The molecular weight excluding hydrogens is 548 g/mol. The van der Waals surface area contributed by atoms with Gasteiger partial charge in [-0.1, -0.05) is 88.4 Å². The highest BCUT2D eigenvalue weighted by Crippen LogP contribution is 2.20. The van der Waals surface area contributed by atoms with Crippen molar-refractivity contribution < 1.29 is 33.8 Å². The van der Waals surface area contributed by atoms with Gasteiger partial charge in [0.05, 0.1) is 5.92 Å². The van der Waals surface area contributed by atoms with E-state index in [2.05, 4.69) is 10.6 Å². The Bertz CT molecular complexity index is 1290. The van der Waals surface area contributed by atoms with E-state index in [9.17, 15) is 24.3 Å². The molecule has 230 valence electrons. The summed E-state index contributed by atoms with van der Waals surface area (Å²) in [6.07, 6.45) is 5.70. The highest BCUT2D eigenvalue weighted by Gasteiger charge is 2.31. The fourth-order valence-corrected chi connectivity index (χ4v) is 4.49. The van der Waals surface area contributed by atoms with Crippen LogP contribution < -0.4 is 10.6 Å². The van der Waals surface area contributed by atoms with Crippen LogP contribution in [0.2, 0.25) is 0 Å². The Morgan fingerprint density at radius 3 is 2.33 bits per heavy atom. The molecule has 5 atom stereocenters. The first-order valence-electron chi connectivity index (χ1n) is 14.7. The molecule has 1 aliphatic heterocycles. The Balaban J connectivity index is 1.88. The molecular formula is C34H42N2O7. The normalized spacial score (nSPS) is 24.1. The lowest BCUT2D eigenvalue weighted by atomic mass is 9.99. The van der Waals surface area contributed by atoms with Crippen molar-refractivity contribution in [2.24, 2.45) is 17.8 Å². The van der Waals surface area contributed by atoms with Crippen LogP contribution in [0.1, 0.15) is 51.7 Å². The minimum absolute atomic E-state index is 0.0454. The number of rotatable bonds is 7. The third kappa shape index (κ3) is 11.1. The summed E-state index contributed by atoms with van der Waals surface area (Å²) in [5.74, 6) is -3.12. The van der Waals surface area contributed by atoms with Crippen LogP contribution in [0.15, 0.2) is 72.8 Å². The first kappa shape index (κ1) is 33.1. The zero-order chi connectivity index (χ0) is 31.4. The number of ether oxygens (including phenoxy) is 2. The van der Waals surface area contributed by atoms with Gasteiger partial charge in [-0.15, -0.1) is 0 Å². The molecule has 43 heavy (non-hydrogen) atoms. The first-order chi connectivity index (χ1) is 20.5. The summed E-state index contributed by atoms with van der Waals surface area (Å²) in [7, 11) is 0. The van der Waals surface area contributed by atoms with Crippen LogP contribution in [-0.4, -0.2) is 53.7 Å². The fourth-order valence-electron chi connectivity index (χ4n) is 4.49. The van der Waals surface area contributed by atoms with Crippen LogP contribution >= 0.6 is 0 Å². The summed E-state index contributed by atoms with van der Waals surface area (Å²) in [4.78, 5) is 52.3. The van der Waals surface area contributed by atoms with Gasteiger partial charge in [-0.25, -0.2) is 4.79 Å². The molecule has 0 spiro atoms. The Kier molecular flexibility index (Phi) is 12.5. The lowest BCUT2D eigenvalue weighted by Crippen LogP contribution is -2.49. The van der Waals surface area contributed by atoms with Crippen LogP contribution in [0.5, 0.6) is 5.75 Å². The van der Waals surface area contributed by atoms with Gasteiger partial charge in [0.15, 0.2) is 6.10 Å². The molecule has 0 saturated heterocycles. The number of phenolic OH excluding ortho intramolecular Hbond substituents is 1. The van der Waals surface area contributed by atoms with Crippen molar-refractivity contribution in [3.05, 3.63) is 84.0 Å². The van der Waals surface area contributed by atoms with E-state index in [4.69, 9.17) is 9.47 Å². The molecule has 0 saturated carbocycles. The molecule has 0 fully saturated rings. The summed E-state index contributed by atoms with van der Waals surface area (Å²) in [6, 6.07) is 15.1. The fraction of sp³-hybridized carbons (Fsp3) is 0.412. The minimum Gasteiger partial charge on any atom is -0.508 e. The van der Waals surface area contributed by atoms with Gasteiger partial charge < -0.3 is 25.2 Å². The molecule has 2 aromatic rings. The van der Waals surface area contributed by atoms with E-state index in [0.29, 0.717) is 0 Å². The molecule has 1 aliphatic rings. The second-order valence-corrected chi connectivity index (χ2v) is 11.4. The first-order valence-corrected chi connectivity index (χ1v) is 14.7. The maximum absolute atomic E-state index is 13.3. The molecule has 3 rings (SSSR count). The number of cyclic esters (lactones) is 2. The van der Waals surface area contributed by atoms with Crippen LogP contribution in [0.3, 0.4) is 0 Å². The van der Waals surface area contributed by atoms with Gasteiger partial charge in [0, 0.05) is 25.3 Å². The lowest BCUT2D eigenvalue weighted by molar-refractivity contribution is -0.175. The van der Waals surface area contributed by atoms with Gasteiger partial charge in [0.25, 0.3) is 0 Å². The van der Waals surface area contributed by atoms with Crippen molar-refractivity contribution in [2.45, 2.75) is 65.2 Å². The Labute approximate surface area is 253 Å². The number of carbonyl (C=O) groups is 4. The van der Waals surface area contributed by atoms with E-state index in [1.165, 1.54) is 18.2 Å². The molecule has 2 unspecified atom stereocenters. The minimum atomic E-state index is -1.11. The largest absolute Gasteiger partial charge is 0.508 e. The molecule has 0 bridgehead atoms. The summed E-state index contributed by atoms with van der Waals surface area (Å²) < 4.78 is 11.6. The Morgan fingerprint density at radius 2 is 1.65 bits per heavy atom. The van der Waals surface area contributed by atoms with Crippen LogP contribution in [0.25, 0.3) is 6.08 Å². The number of amides is 2. The highest BCUT2D eigenvalue weighted by molar-refractivity contribution is 5.93. The molecule has 0 aliphatic carbocycles. The van der Waals surface area contributed by atoms with Gasteiger partial charge >= 0.3 is 11.9 Å². The third-order valence-electron chi connectivity index (χ3n) is 7.08. The zero-order valence-corrected chi connectivity index (χ0v) is 25.2. The van der Waals surface area contributed by atoms with Gasteiger partial charge in [0.2, 0.25) is 11.8 Å². The summed E-state index contributed by atoms with van der Waals surface area (Å²) in [6.45, 7) is 7.29. The molecule has 3 N–H and O–H groups in total. The maximum atomic E-state index is 13.3. The number of hydrogen-bond donors (Lipinski definition) is 3. The van der Waals surface area contributed by atoms with Crippen molar-refractivity contribution in [2.75, 3.05) is 6.54 Å². The van der Waals surface area contributed by atoms with Gasteiger partial charge in [-0.3, -0.25) is 14.4 Å². The van der Waals surface area contributed by atoms with E-state index >= 15 is 0 Å². The highest BCUT2D eigenvalue weighted by atomic mass is 16.6. The van der Waals surface area contributed by atoms with Crippen molar-refractivity contribution in [3.8, 4) is 5.75 Å². The standard InChI is InChI=1S/C34H42N2O7/c1-22(2)19-30-34(41)42-29(23(3)13-14-25-9-6-5-7-10-25)11-8-12-31(38)36-28(20-26-15-17-27(37)18-16-26)32(39)35-21-24(4)33(40)43-30/h5-10,12-18,22-24,28-30,37H,11,19-21H2,1-4H3,(H,35,39)(H,36,38)/b12-8+,14-13+/t23-,24-,28?,29?,30+/m1/s1. The molecule has 2 aromatic carbocycles. The second kappa shape index (κ2) is 16.3. The number of carbonyl (C=O) groups excluding carboxylic acids is 4. The van der Waals surface area contributed by atoms with E-state index in [1.807, 2.05) is 63.3 Å². The quantitative estimate of drug-likeness (QED) is 0.409. The Morgan fingerprint density at radius 1 is 0.953 bits per heavy atom. The van der Waals surface area contributed by atoms with E-state index in [-0.39, 0.29) is 43.4 Å². The van der Waals surface area contributed by atoms with Gasteiger partial charge in [-0.2, -0.15) is 0 Å². The number of nitrogens with one attached hydrogen (secondary N) is 2. The zero-order valence-electron chi connectivity index (χ0n) is 25.2. The molecule has 0 radical (unpaired) electrons. The van der Waals surface area contributed by atoms with E-state index in [1.54, 1.807) is 25.1 Å². The smallest absolute Gasteiger partial charge is 0.347 e. The number of aromatic hydroxyl groups is 1. The van der Waals surface area contributed by atoms with E-state index in [0.717, 1.165) is 11.1 Å². The van der Waals surface area contributed by atoms with Gasteiger partial charge in [0.1, 0.15) is 17.9 Å². The number of phenols is 1. The van der Waals surface area contributed by atoms with Crippen LogP contribution in [0.4, 0.5) is 0 Å². The molecule has 0 aromatic heterocycles. The molecule has 1 heterocycles. The predicted molar refractivity (Wildman–Crippen MR) is 164 cm³/mol. The second-order valence-electron chi connectivity index (χ2n) is 11.4. The number of esters is 2. The average molecular weight is 591 g/mol. The summed E-state index contributed by atoms with van der Waals surface area (Å²) in [5, 5.41) is 15.0. The lowest BCUT2D eigenvalue weighted by Gasteiger charge is -2.26. The predicted octanol–water partition coefficient (Wildman–Crippen LogP) is 4.35. The van der Waals surface area contributed by atoms with Crippen molar-refractivity contribution in [1.29, 1.82) is 0 Å². The van der Waals surface area contributed by atoms with Crippen LogP contribution in [-0.2, 0) is 35.1 Å². The SMILES string of the molecule is CC(C)C[C@@H]1OC(=O)[C@H](C)CNC(=O)C(Cc2ccc(O)cc2)NC(=O)/C=C/CC([C@H](C)/C=C/c2ccccc2)OC1=O. The van der Waals surface area contributed by atoms with Crippen LogP contribution in [0, 0.1) is 17.8 Å².